The Hall–Kier alpha value is -7.02. The molecule has 5 aromatic carbocycles. The Labute approximate surface area is 359 Å². The average molecular weight is 794 g/mol. The fourth-order valence-electron chi connectivity index (χ4n) is 7.42. The monoisotopic (exact) mass is 793 g/mol. The normalized spacial score (nSPS) is 10.6. The minimum absolute atomic E-state index is 0.734. The molecule has 0 fully saturated rings. The highest BCUT2D eigenvalue weighted by atomic mass is 15.2. The summed E-state index contributed by atoms with van der Waals surface area (Å²) in [6.07, 6.45) is 15.4. The Morgan fingerprint density at radius 3 is 0.633 bits per heavy atom. The predicted octanol–water partition coefficient (Wildman–Crippen LogP) is 12.0. The van der Waals surface area contributed by atoms with Crippen molar-refractivity contribution in [1.82, 2.24) is 0 Å². The third-order valence-electron chi connectivity index (χ3n) is 10.2. The Bertz CT molecular complexity index is 1830. The van der Waals surface area contributed by atoms with Gasteiger partial charge < -0.3 is 24.5 Å². The van der Waals surface area contributed by atoms with Crippen molar-refractivity contribution in [1.29, 1.82) is 0 Å². The fraction of sp³-hybridized carbons (Fsp3) is 0.148. The van der Waals surface area contributed by atoms with Crippen molar-refractivity contribution in [3.8, 4) is 0 Å². The molecule has 0 aliphatic carbocycles. The largest absolute Gasteiger partial charge is 0.364 e. The zero-order valence-corrected chi connectivity index (χ0v) is 35.2. The minimum Gasteiger partial charge on any atom is -0.364 e. The molecule has 0 unspecified atom stereocenters. The van der Waals surface area contributed by atoms with Crippen LogP contribution in [0.2, 0.25) is 0 Å². The Balaban J connectivity index is 1.59. The van der Waals surface area contributed by atoms with Gasteiger partial charge in [0, 0.05) is 129 Å². The van der Waals surface area contributed by atoms with E-state index in [1.165, 1.54) is 0 Å². The van der Waals surface area contributed by atoms with E-state index in [9.17, 15) is 0 Å². The predicted molar refractivity (Wildman–Crippen MR) is 264 cm³/mol. The summed E-state index contributed by atoms with van der Waals surface area (Å²) in [7, 11) is 0. The third kappa shape index (κ3) is 11.1. The molecular weight excluding hydrogens is 733 g/mol. The zero-order chi connectivity index (χ0) is 42.7. The van der Waals surface area contributed by atoms with Crippen LogP contribution in [-0.2, 0) is 0 Å². The van der Waals surface area contributed by atoms with E-state index in [4.69, 9.17) is 0 Å². The fourth-order valence-corrected chi connectivity index (χ4v) is 7.42. The van der Waals surface area contributed by atoms with Gasteiger partial charge in [0.2, 0.25) is 0 Å². The Morgan fingerprint density at radius 1 is 0.267 bits per heavy atom. The van der Waals surface area contributed by atoms with E-state index in [1.807, 2.05) is 48.6 Å². The van der Waals surface area contributed by atoms with Crippen LogP contribution in [0, 0.1) is 0 Å². The molecular formula is C54H61N6+. The molecule has 0 aliphatic rings. The number of hydrogen-bond acceptors (Lipinski definition) is 5. The molecule has 0 radical (unpaired) electrons. The highest BCUT2D eigenvalue weighted by Crippen LogP contribution is 2.37. The van der Waals surface area contributed by atoms with Crippen LogP contribution in [0.5, 0.6) is 0 Å². The maximum absolute atomic E-state index is 3.97. The first-order valence-corrected chi connectivity index (χ1v) is 20.5. The van der Waals surface area contributed by atoms with Crippen molar-refractivity contribution in [3.05, 3.63) is 223 Å². The van der Waals surface area contributed by atoms with E-state index in [-0.39, 0.29) is 0 Å². The van der Waals surface area contributed by atoms with E-state index in [2.05, 4.69) is 198 Å². The van der Waals surface area contributed by atoms with Crippen LogP contribution in [0.3, 0.4) is 0 Å². The highest BCUT2D eigenvalue weighted by molar-refractivity contribution is 5.79. The number of rotatable bonds is 26. The topological polar surface area (TPSA) is 20.6 Å². The molecule has 60 heavy (non-hydrogen) atoms. The van der Waals surface area contributed by atoms with E-state index in [0.29, 0.717) is 0 Å². The smallest absolute Gasteiger partial charge is 0.141 e. The molecule has 1 N–H and O–H groups in total. The second-order valence-corrected chi connectivity index (χ2v) is 14.3. The second-order valence-electron chi connectivity index (χ2n) is 14.3. The molecule has 0 aromatic heterocycles. The molecule has 6 heteroatoms. The first kappa shape index (κ1) is 44.1. The first-order valence-electron chi connectivity index (χ1n) is 20.5. The quantitative estimate of drug-likeness (QED) is 0.0561. The lowest BCUT2D eigenvalue weighted by Crippen LogP contribution is -2.96. The molecule has 306 valence electrons. The van der Waals surface area contributed by atoms with Gasteiger partial charge in [0.25, 0.3) is 0 Å². The number of nitrogens with zero attached hydrogens (tertiary/aromatic N) is 5. The summed E-state index contributed by atoms with van der Waals surface area (Å²) in [5.41, 5.74) is 11.0. The van der Waals surface area contributed by atoms with Gasteiger partial charge in [0.1, 0.15) is 17.1 Å². The summed E-state index contributed by atoms with van der Waals surface area (Å²) < 4.78 is 0. The molecule has 0 saturated carbocycles. The SMILES string of the molecule is C=CCN(CC=C)c1ccc(N(c2ccc(N(CC=C)CC=C)cc2)c2ccc([NH+](c3ccc(N(CC=C)CC=C)cc3)c3ccc(N(CC=C)CC=C)cc3)cc2)cc1. The molecule has 5 rings (SSSR count). The van der Waals surface area contributed by atoms with Gasteiger partial charge in [-0.3, -0.25) is 0 Å². The van der Waals surface area contributed by atoms with Gasteiger partial charge in [-0.1, -0.05) is 48.6 Å². The van der Waals surface area contributed by atoms with Gasteiger partial charge in [-0.05, 0) is 84.9 Å². The van der Waals surface area contributed by atoms with Crippen molar-refractivity contribution in [2.45, 2.75) is 0 Å². The van der Waals surface area contributed by atoms with Crippen LogP contribution in [0.15, 0.2) is 223 Å². The number of hydrogen-bond donors (Lipinski definition) is 1. The van der Waals surface area contributed by atoms with Crippen LogP contribution in [0.1, 0.15) is 0 Å². The van der Waals surface area contributed by atoms with Crippen molar-refractivity contribution >= 4 is 56.9 Å². The number of benzene rings is 5. The number of nitrogens with one attached hydrogen (secondary N) is 1. The van der Waals surface area contributed by atoms with Crippen LogP contribution < -0.4 is 29.4 Å². The van der Waals surface area contributed by atoms with E-state index < -0.39 is 0 Å². The molecule has 0 saturated heterocycles. The van der Waals surface area contributed by atoms with Crippen LogP contribution in [0.25, 0.3) is 0 Å². The lowest BCUT2D eigenvalue weighted by molar-refractivity contribution is -0.681. The maximum Gasteiger partial charge on any atom is 0.141 e. The number of quaternary nitrogens is 1. The standard InChI is InChI=1S/C54H60N6/c1-9-37-55(38-10-2)45-17-25-49(26-18-45)59(50-27-19-46(20-28-50)56(39-11-3)40-12-4)53-33-35-54(36-34-53)60(51-29-21-47(22-30-51)57(41-13-5)42-14-6)52-31-23-48(24-32-52)58(43-15-7)44-16-8/h9-36H,1-8,37-44H2/p+1. The molecule has 0 spiro atoms. The average Bonchev–Trinajstić information content (AvgIpc) is 3.28. The van der Waals surface area contributed by atoms with Gasteiger partial charge in [-0.2, -0.15) is 0 Å². The summed E-state index contributed by atoms with van der Waals surface area (Å²) in [6.45, 7) is 37.6. The number of anilines is 7. The third-order valence-corrected chi connectivity index (χ3v) is 10.2. The summed E-state index contributed by atoms with van der Waals surface area (Å²) in [6, 6.07) is 43.9. The molecule has 5 aromatic rings. The lowest BCUT2D eigenvalue weighted by Gasteiger charge is -2.29. The summed E-state index contributed by atoms with van der Waals surface area (Å²) in [4.78, 5) is 12.4. The van der Waals surface area contributed by atoms with E-state index >= 15 is 0 Å². The van der Waals surface area contributed by atoms with Crippen molar-refractivity contribution in [3.63, 3.8) is 0 Å². The van der Waals surface area contributed by atoms with Crippen molar-refractivity contribution < 1.29 is 4.90 Å². The molecule has 0 bridgehead atoms. The maximum atomic E-state index is 3.97. The molecule has 0 amide bonds. The lowest BCUT2D eigenvalue weighted by atomic mass is 10.1. The first-order chi connectivity index (χ1) is 29.4. The zero-order valence-electron chi connectivity index (χ0n) is 35.2. The van der Waals surface area contributed by atoms with Crippen molar-refractivity contribution in [2.24, 2.45) is 0 Å². The van der Waals surface area contributed by atoms with E-state index in [1.54, 1.807) is 0 Å². The van der Waals surface area contributed by atoms with Crippen LogP contribution in [-0.4, -0.2) is 52.4 Å². The summed E-state index contributed by atoms with van der Waals surface area (Å²) >= 11 is 0. The summed E-state index contributed by atoms with van der Waals surface area (Å²) in [5, 5.41) is 0. The van der Waals surface area contributed by atoms with Gasteiger partial charge >= 0.3 is 0 Å². The van der Waals surface area contributed by atoms with Gasteiger partial charge in [0.05, 0.1) is 0 Å². The molecule has 0 atom stereocenters. The van der Waals surface area contributed by atoms with Gasteiger partial charge in [-0.15, -0.1) is 52.6 Å². The van der Waals surface area contributed by atoms with Crippen molar-refractivity contribution in [2.75, 3.05) is 76.9 Å². The van der Waals surface area contributed by atoms with Crippen LogP contribution >= 0.6 is 0 Å². The minimum atomic E-state index is 0.734. The van der Waals surface area contributed by atoms with Crippen LogP contribution in [0.4, 0.5) is 56.9 Å². The highest BCUT2D eigenvalue weighted by Gasteiger charge is 2.22. The molecule has 0 aliphatic heterocycles. The summed E-state index contributed by atoms with van der Waals surface area (Å²) in [5.74, 6) is 0. The van der Waals surface area contributed by atoms with Gasteiger partial charge in [0.15, 0.2) is 0 Å². The molecule has 0 heterocycles. The second kappa shape index (κ2) is 22.8. The Kier molecular flexibility index (Phi) is 16.8. The Morgan fingerprint density at radius 2 is 0.433 bits per heavy atom. The van der Waals surface area contributed by atoms with E-state index in [0.717, 1.165) is 114 Å². The molecule has 6 nitrogen and oxygen atoms in total. The van der Waals surface area contributed by atoms with Gasteiger partial charge in [-0.25, -0.2) is 4.90 Å².